The first-order chi connectivity index (χ1) is 12.3. The Morgan fingerprint density at radius 3 is 3.00 bits per heavy atom. The molecule has 128 valence electrons. The monoisotopic (exact) mass is 333 g/mol. The van der Waals surface area contributed by atoms with Crippen LogP contribution in [0.5, 0.6) is 0 Å². The minimum Gasteiger partial charge on any atom is -0.347 e. The molecule has 0 aliphatic carbocycles. The molecule has 0 saturated carbocycles. The van der Waals surface area contributed by atoms with Gasteiger partial charge in [0.15, 0.2) is 5.82 Å². The second kappa shape index (κ2) is 6.59. The third kappa shape index (κ3) is 2.97. The molecule has 3 aromatic heterocycles. The quantitative estimate of drug-likeness (QED) is 0.479. The molecule has 0 radical (unpaired) electrons. The predicted molar refractivity (Wildman–Crippen MR) is 103 cm³/mol. The lowest BCUT2D eigenvalue weighted by Crippen LogP contribution is -1.96. The van der Waals surface area contributed by atoms with Crippen molar-refractivity contribution in [3.05, 3.63) is 48.3 Å². The summed E-state index contributed by atoms with van der Waals surface area (Å²) >= 11 is 0. The number of benzene rings is 1. The van der Waals surface area contributed by atoms with Gasteiger partial charge in [0.1, 0.15) is 5.52 Å². The average molecular weight is 333 g/mol. The molecular weight excluding hydrogens is 310 g/mol. The van der Waals surface area contributed by atoms with Gasteiger partial charge < -0.3 is 9.88 Å². The summed E-state index contributed by atoms with van der Waals surface area (Å²) in [5.74, 6) is 0.759. The Morgan fingerprint density at radius 1 is 1.20 bits per heavy atom. The number of aromatic amines is 1. The van der Waals surface area contributed by atoms with Crippen LogP contribution in [0.4, 0.5) is 11.5 Å². The average Bonchev–Trinajstić information content (AvgIpc) is 3.17. The van der Waals surface area contributed by atoms with Crippen molar-refractivity contribution >= 4 is 33.4 Å². The molecule has 0 bridgehead atoms. The molecule has 0 spiro atoms. The highest BCUT2D eigenvalue weighted by Crippen LogP contribution is 2.28. The minimum atomic E-state index is 0.759. The number of unbranched alkanes of at least 4 members (excludes halogenated alkanes) is 2. The molecular formula is C20H23N5. The third-order valence-electron chi connectivity index (χ3n) is 4.67. The van der Waals surface area contributed by atoms with Crippen LogP contribution in [0.1, 0.15) is 31.7 Å². The summed E-state index contributed by atoms with van der Waals surface area (Å²) in [6.07, 6.45) is 7.79. The standard InChI is InChI=1S/C20H23N5/c1-3-4-5-11-25-13-14(2)16-12-15(8-9-18(16)25)22-20-19-17(23-24-20)7-6-10-21-19/h6-10,12-13H,3-5,11H2,1-2H3,(H2,22,23,24). The van der Waals surface area contributed by atoms with E-state index in [1.165, 1.54) is 35.7 Å². The Bertz CT molecular complexity index is 1010. The van der Waals surface area contributed by atoms with Crippen LogP contribution in [0.15, 0.2) is 42.7 Å². The maximum absolute atomic E-state index is 4.40. The predicted octanol–water partition coefficient (Wildman–Crippen LogP) is 5.15. The number of nitrogens with one attached hydrogen (secondary N) is 2. The van der Waals surface area contributed by atoms with Crippen LogP contribution in [0.3, 0.4) is 0 Å². The van der Waals surface area contributed by atoms with Crippen LogP contribution >= 0.6 is 0 Å². The van der Waals surface area contributed by atoms with E-state index in [4.69, 9.17) is 0 Å². The number of aromatic nitrogens is 4. The van der Waals surface area contributed by atoms with Gasteiger partial charge in [0.05, 0.1) is 5.52 Å². The van der Waals surface area contributed by atoms with Gasteiger partial charge in [-0.2, -0.15) is 5.10 Å². The van der Waals surface area contributed by atoms with E-state index >= 15 is 0 Å². The number of fused-ring (bicyclic) bond motifs is 2. The normalized spacial score (nSPS) is 11.4. The van der Waals surface area contributed by atoms with Gasteiger partial charge in [0.25, 0.3) is 0 Å². The molecule has 25 heavy (non-hydrogen) atoms. The summed E-state index contributed by atoms with van der Waals surface area (Å²) in [5, 5.41) is 12.0. The number of nitrogens with zero attached hydrogens (tertiary/aromatic N) is 3. The maximum Gasteiger partial charge on any atom is 0.178 e. The molecule has 5 nitrogen and oxygen atoms in total. The van der Waals surface area contributed by atoms with Crippen LogP contribution in [-0.2, 0) is 6.54 Å². The van der Waals surface area contributed by atoms with Crippen LogP contribution in [0, 0.1) is 6.92 Å². The van der Waals surface area contributed by atoms with E-state index in [0.29, 0.717) is 0 Å². The van der Waals surface area contributed by atoms with Crippen LogP contribution in [0.25, 0.3) is 21.9 Å². The number of anilines is 2. The topological polar surface area (TPSA) is 58.5 Å². The first-order valence-corrected chi connectivity index (χ1v) is 8.92. The number of aryl methyl sites for hydroxylation is 2. The van der Waals surface area contributed by atoms with Crippen molar-refractivity contribution in [3.8, 4) is 0 Å². The number of hydrogen-bond donors (Lipinski definition) is 2. The summed E-state index contributed by atoms with van der Waals surface area (Å²) < 4.78 is 2.37. The summed E-state index contributed by atoms with van der Waals surface area (Å²) in [5.41, 5.74) is 5.42. The zero-order valence-corrected chi connectivity index (χ0v) is 14.7. The number of H-pyrrole nitrogens is 1. The zero-order chi connectivity index (χ0) is 17.2. The third-order valence-corrected chi connectivity index (χ3v) is 4.67. The summed E-state index contributed by atoms with van der Waals surface area (Å²) in [6.45, 7) is 5.50. The molecule has 4 aromatic rings. The Hall–Kier alpha value is -2.82. The van der Waals surface area contributed by atoms with E-state index in [2.05, 4.69) is 63.3 Å². The van der Waals surface area contributed by atoms with Crippen LogP contribution in [-0.4, -0.2) is 19.7 Å². The van der Waals surface area contributed by atoms with E-state index in [-0.39, 0.29) is 0 Å². The SMILES string of the molecule is CCCCCn1cc(C)c2cc(Nc3n[nH]c4cccnc34)ccc21. The van der Waals surface area contributed by atoms with Gasteiger partial charge in [-0.15, -0.1) is 0 Å². The molecule has 0 aliphatic heterocycles. The second-order valence-electron chi connectivity index (χ2n) is 6.54. The van der Waals surface area contributed by atoms with Gasteiger partial charge in [-0.05, 0) is 49.2 Å². The van der Waals surface area contributed by atoms with Crippen molar-refractivity contribution in [1.82, 2.24) is 19.7 Å². The number of rotatable bonds is 6. The Balaban J connectivity index is 1.64. The summed E-state index contributed by atoms with van der Waals surface area (Å²) in [4.78, 5) is 4.40. The largest absolute Gasteiger partial charge is 0.347 e. The Morgan fingerprint density at radius 2 is 2.12 bits per heavy atom. The highest BCUT2D eigenvalue weighted by molar-refractivity contribution is 5.91. The first kappa shape index (κ1) is 15.7. The number of pyridine rings is 1. The fourth-order valence-electron chi connectivity index (χ4n) is 3.35. The maximum atomic E-state index is 4.40. The van der Waals surface area contributed by atoms with Gasteiger partial charge in [0, 0.05) is 35.5 Å². The summed E-state index contributed by atoms with van der Waals surface area (Å²) in [6, 6.07) is 10.4. The van der Waals surface area contributed by atoms with Crippen molar-refractivity contribution in [2.75, 3.05) is 5.32 Å². The van der Waals surface area contributed by atoms with Gasteiger partial charge in [-0.1, -0.05) is 19.8 Å². The lowest BCUT2D eigenvalue weighted by atomic mass is 10.1. The van der Waals surface area contributed by atoms with Crippen molar-refractivity contribution in [2.24, 2.45) is 0 Å². The molecule has 0 aliphatic rings. The smallest absolute Gasteiger partial charge is 0.178 e. The Labute approximate surface area is 147 Å². The van der Waals surface area contributed by atoms with E-state index in [1.807, 2.05) is 12.1 Å². The molecule has 0 unspecified atom stereocenters. The molecule has 2 N–H and O–H groups in total. The minimum absolute atomic E-state index is 0.759. The lowest BCUT2D eigenvalue weighted by Gasteiger charge is -2.07. The van der Waals surface area contributed by atoms with Gasteiger partial charge >= 0.3 is 0 Å². The number of hydrogen-bond acceptors (Lipinski definition) is 3. The first-order valence-electron chi connectivity index (χ1n) is 8.92. The molecule has 3 heterocycles. The van der Waals surface area contributed by atoms with Crippen molar-refractivity contribution in [2.45, 2.75) is 39.7 Å². The van der Waals surface area contributed by atoms with E-state index in [1.54, 1.807) is 6.20 Å². The van der Waals surface area contributed by atoms with Gasteiger partial charge in [-0.3, -0.25) is 10.1 Å². The molecule has 0 fully saturated rings. The van der Waals surface area contributed by atoms with Crippen molar-refractivity contribution in [1.29, 1.82) is 0 Å². The van der Waals surface area contributed by atoms with Gasteiger partial charge in [0.2, 0.25) is 0 Å². The summed E-state index contributed by atoms with van der Waals surface area (Å²) in [7, 11) is 0. The van der Waals surface area contributed by atoms with Gasteiger partial charge in [-0.25, -0.2) is 0 Å². The Kier molecular flexibility index (Phi) is 4.14. The van der Waals surface area contributed by atoms with E-state index in [0.717, 1.165) is 29.1 Å². The lowest BCUT2D eigenvalue weighted by molar-refractivity contribution is 0.616. The molecule has 0 atom stereocenters. The molecule has 5 heteroatoms. The fourth-order valence-corrected chi connectivity index (χ4v) is 3.35. The molecule has 0 saturated heterocycles. The highest BCUT2D eigenvalue weighted by atomic mass is 15.2. The second-order valence-corrected chi connectivity index (χ2v) is 6.54. The molecule has 4 rings (SSSR count). The van der Waals surface area contributed by atoms with Crippen molar-refractivity contribution < 1.29 is 0 Å². The van der Waals surface area contributed by atoms with Crippen molar-refractivity contribution in [3.63, 3.8) is 0 Å². The zero-order valence-electron chi connectivity index (χ0n) is 14.7. The molecule has 0 amide bonds. The van der Waals surface area contributed by atoms with E-state index in [9.17, 15) is 0 Å². The van der Waals surface area contributed by atoms with Crippen LogP contribution in [0.2, 0.25) is 0 Å². The fraction of sp³-hybridized carbons (Fsp3) is 0.300. The highest BCUT2D eigenvalue weighted by Gasteiger charge is 2.09. The van der Waals surface area contributed by atoms with Crippen LogP contribution < -0.4 is 5.32 Å². The molecule has 1 aromatic carbocycles. The van der Waals surface area contributed by atoms with E-state index < -0.39 is 0 Å².